The molecule has 2 aromatic rings. The zero-order chi connectivity index (χ0) is 18.3. The number of hydrogen-bond donors (Lipinski definition) is 1. The summed E-state index contributed by atoms with van der Waals surface area (Å²) in [7, 11) is -3.07. The number of carbonyl (C=O) groups is 1. The molecule has 5 nitrogen and oxygen atoms in total. The molecule has 0 aliphatic carbocycles. The highest BCUT2D eigenvalue weighted by Crippen LogP contribution is 2.12. The van der Waals surface area contributed by atoms with Crippen LogP contribution in [0.25, 0.3) is 0 Å². The van der Waals surface area contributed by atoms with Crippen molar-refractivity contribution in [3.05, 3.63) is 65.2 Å². The van der Waals surface area contributed by atoms with Gasteiger partial charge < -0.3 is 10.1 Å². The molecule has 0 fully saturated rings. The number of amides is 1. The van der Waals surface area contributed by atoms with Gasteiger partial charge in [0.1, 0.15) is 5.75 Å². The molecule has 1 N–H and O–H groups in total. The number of aryl methyl sites for hydroxylation is 1. The number of nitrogens with one attached hydrogen (secondary N) is 1. The first-order chi connectivity index (χ1) is 11.8. The summed E-state index contributed by atoms with van der Waals surface area (Å²) < 4.78 is 28.1. The van der Waals surface area contributed by atoms with Crippen molar-refractivity contribution in [2.75, 3.05) is 19.4 Å². The van der Waals surface area contributed by atoms with Crippen LogP contribution in [0.15, 0.2) is 48.5 Å². The van der Waals surface area contributed by atoms with Gasteiger partial charge in [-0.15, -0.1) is 0 Å². The third-order valence-corrected chi connectivity index (χ3v) is 4.37. The van der Waals surface area contributed by atoms with Crippen molar-refractivity contribution < 1.29 is 17.9 Å². The van der Waals surface area contributed by atoms with E-state index in [1.54, 1.807) is 24.3 Å². The topological polar surface area (TPSA) is 72.5 Å². The average Bonchev–Trinajstić information content (AvgIpc) is 2.53. The largest absolute Gasteiger partial charge is 0.494 e. The van der Waals surface area contributed by atoms with Gasteiger partial charge >= 0.3 is 0 Å². The molecule has 0 aromatic heterocycles. The Hall–Kier alpha value is -2.34. The Balaban J connectivity index is 1.73. The van der Waals surface area contributed by atoms with Crippen LogP contribution in [-0.4, -0.2) is 33.7 Å². The maximum Gasteiger partial charge on any atom is 0.251 e. The molecule has 0 bridgehead atoms. The Labute approximate surface area is 148 Å². The van der Waals surface area contributed by atoms with Gasteiger partial charge in [-0.2, -0.15) is 0 Å². The Morgan fingerprint density at radius 3 is 2.48 bits per heavy atom. The van der Waals surface area contributed by atoms with Crippen molar-refractivity contribution in [1.29, 1.82) is 0 Å². The van der Waals surface area contributed by atoms with Crippen LogP contribution in [0.2, 0.25) is 0 Å². The third kappa shape index (κ3) is 6.97. The zero-order valence-electron chi connectivity index (χ0n) is 14.5. The van der Waals surface area contributed by atoms with E-state index in [0.29, 0.717) is 30.7 Å². The molecule has 0 saturated carbocycles. The van der Waals surface area contributed by atoms with Gasteiger partial charge in [0.15, 0.2) is 9.84 Å². The predicted molar refractivity (Wildman–Crippen MR) is 98.6 cm³/mol. The Bertz CT molecular complexity index is 814. The molecule has 1 amide bonds. The van der Waals surface area contributed by atoms with Crippen molar-refractivity contribution in [3.63, 3.8) is 0 Å². The molecular weight excluding hydrogens is 338 g/mol. The van der Waals surface area contributed by atoms with Crippen LogP contribution in [0, 0.1) is 6.92 Å². The quantitative estimate of drug-likeness (QED) is 0.734. The first-order valence-corrected chi connectivity index (χ1v) is 10.1. The van der Waals surface area contributed by atoms with E-state index in [4.69, 9.17) is 4.74 Å². The number of hydrogen-bond acceptors (Lipinski definition) is 4. The van der Waals surface area contributed by atoms with E-state index in [1.165, 1.54) is 6.26 Å². The molecule has 0 saturated heterocycles. The van der Waals surface area contributed by atoms with Gasteiger partial charge in [0, 0.05) is 18.4 Å². The standard InChI is InChI=1S/C19H23NO4S/c1-15-5-3-6-18(13-15)24-12-4-11-20-19(21)17-9-7-16(8-10-17)14-25(2,22)23/h3,5-10,13H,4,11-12,14H2,1-2H3,(H,20,21). The second kappa shape index (κ2) is 8.67. The van der Waals surface area contributed by atoms with Crippen LogP contribution < -0.4 is 10.1 Å². The lowest BCUT2D eigenvalue weighted by atomic mass is 10.1. The number of sulfone groups is 1. The van der Waals surface area contributed by atoms with Crippen LogP contribution in [0.4, 0.5) is 0 Å². The van der Waals surface area contributed by atoms with Crippen molar-refractivity contribution in [2.24, 2.45) is 0 Å². The fourth-order valence-electron chi connectivity index (χ4n) is 2.33. The van der Waals surface area contributed by atoms with Gasteiger partial charge in [-0.05, 0) is 48.7 Å². The van der Waals surface area contributed by atoms with E-state index in [1.807, 2.05) is 31.2 Å². The highest BCUT2D eigenvalue weighted by molar-refractivity contribution is 7.89. The third-order valence-electron chi connectivity index (χ3n) is 3.51. The predicted octanol–water partition coefficient (Wildman–Crippen LogP) is 2.74. The van der Waals surface area contributed by atoms with Crippen LogP contribution in [0.3, 0.4) is 0 Å². The highest BCUT2D eigenvalue weighted by Gasteiger charge is 2.07. The van der Waals surface area contributed by atoms with E-state index < -0.39 is 9.84 Å². The minimum Gasteiger partial charge on any atom is -0.494 e. The van der Waals surface area contributed by atoms with Crippen molar-refractivity contribution in [2.45, 2.75) is 19.1 Å². The number of rotatable bonds is 8. The lowest BCUT2D eigenvalue weighted by molar-refractivity contribution is 0.0951. The second-order valence-electron chi connectivity index (χ2n) is 6.04. The smallest absolute Gasteiger partial charge is 0.251 e. The van der Waals surface area contributed by atoms with Crippen molar-refractivity contribution in [1.82, 2.24) is 5.32 Å². The minimum absolute atomic E-state index is 0.0226. The molecular formula is C19H23NO4S. The first-order valence-electron chi connectivity index (χ1n) is 8.08. The van der Waals surface area contributed by atoms with E-state index in [-0.39, 0.29) is 11.7 Å². The monoisotopic (exact) mass is 361 g/mol. The summed E-state index contributed by atoms with van der Waals surface area (Å²) in [5.41, 5.74) is 2.33. The summed E-state index contributed by atoms with van der Waals surface area (Å²) >= 11 is 0. The van der Waals surface area contributed by atoms with E-state index in [9.17, 15) is 13.2 Å². The van der Waals surface area contributed by atoms with Crippen LogP contribution in [-0.2, 0) is 15.6 Å². The summed E-state index contributed by atoms with van der Waals surface area (Å²) in [6, 6.07) is 14.4. The molecule has 0 heterocycles. The molecule has 6 heteroatoms. The van der Waals surface area contributed by atoms with E-state index in [2.05, 4.69) is 5.32 Å². The molecule has 2 rings (SSSR count). The number of benzene rings is 2. The molecule has 0 spiro atoms. The molecule has 0 radical (unpaired) electrons. The maximum absolute atomic E-state index is 12.0. The summed E-state index contributed by atoms with van der Waals surface area (Å²) in [6.07, 6.45) is 1.89. The van der Waals surface area contributed by atoms with Gasteiger partial charge in [0.2, 0.25) is 0 Å². The van der Waals surface area contributed by atoms with Crippen LogP contribution in [0.1, 0.15) is 27.9 Å². The van der Waals surface area contributed by atoms with Gasteiger partial charge in [-0.3, -0.25) is 4.79 Å². The summed E-state index contributed by atoms with van der Waals surface area (Å²) in [5, 5.41) is 2.83. The molecule has 25 heavy (non-hydrogen) atoms. The van der Waals surface area contributed by atoms with Crippen LogP contribution >= 0.6 is 0 Å². The fraction of sp³-hybridized carbons (Fsp3) is 0.316. The lowest BCUT2D eigenvalue weighted by Crippen LogP contribution is -2.25. The fourth-order valence-corrected chi connectivity index (χ4v) is 3.12. The molecule has 134 valence electrons. The highest BCUT2D eigenvalue weighted by atomic mass is 32.2. The summed E-state index contributed by atoms with van der Waals surface area (Å²) in [5.74, 6) is 0.625. The van der Waals surface area contributed by atoms with Crippen molar-refractivity contribution in [3.8, 4) is 5.75 Å². The molecule has 0 atom stereocenters. The Kier molecular flexibility index (Phi) is 6.58. The Morgan fingerprint density at radius 2 is 1.84 bits per heavy atom. The Morgan fingerprint density at radius 1 is 1.12 bits per heavy atom. The summed E-state index contributed by atoms with van der Waals surface area (Å²) in [4.78, 5) is 12.0. The molecule has 0 unspecified atom stereocenters. The van der Waals surface area contributed by atoms with Gasteiger partial charge in [-0.25, -0.2) is 8.42 Å². The normalized spacial score (nSPS) is 11.1. The SMILES string of the molecule is Cc1cccc(OCCCNC(=O)c2ccc(CS(C)(=O)=O)cc2)c1. The van der Waals surface area contributed by atoms with E-state index in [0.717, 1.165) is 11.3 Å². The van der Waals surface area contributed by atoms with Gasteiger partial charge in [-0.1, -0.05) is 24.3 Å². The molecule has 0 aliphatic heterocycles. The zero-order valence-corrected chi connectivity index (χ0v) is 15.3. The van der Waals surface area contributed by atoms with Crippen LogP contribution in [0.5, 0.6) is 5.75 Å². The first kappa shape index (κ1) is 19.0. The average molecular weight is 361 g/mol. The van der Waals surface area contributed by atoms with Crippen molar-refractivity contribution >= 4 is 15.7 Å². The summed E-state index contributed by atoms with van der Waals surface area (Å²) in [6.45, 7) is 3.04. The second-order valence-corrected chi connectivity index (χ2v) is 8.18. The lowest BCUT2D eigenvalue weighted by Gasteiger charge is -2.08. The number of ether oxygens (including phenoxy) is 1. The van der Waals surface area contributed by atoms with Gasteiger partial charge in [0.25, 0.3) is 5.91 Å². The molecule has 0 aliphatic rings. The van der Waals surface area contributed by atoms with Gasteiger partial charge in [0.05, 0.1) is 12.4 Å². The maximum atomic E-state index is 12.0. The number of carbonyl (C=O) groups excluding carboxylic acids is 1. The van der Waals surface area contributed by atoms with E-state index >= 15 is 0 Å². The molecule has 2 aromatic carbocycles. The minimum atomic E-state index is -3.07.